The fourth-order valence-corrected chi connectivity index (χ4v) is 1.72. The molecule has 2 nitrogen and oxygen atoms in total. The molecule has 0 aliphatic carbocycles. The van der Waals surface area contributed by atoms with Crippen molar-refractivity contribution in [2.24, 2.45) is 5.73 Å². The van der Waals surface area contributed by atoms with Gasteiger partial charge in [-0.1, -0.05) is 24.3 Å². The molecule has 1 aromatic carbocycles. The molecule has 0 aliphatic rings. The predicted octanol–water partition coefficient (Wildman–Crippen LogP) is 2.91. The zero-order valence-electron chi connectivity index (χ0n) is 9.02. The van der Waals surface area contributed by atoms with E-state index >= 15 is 0 Å². The topological polar surface area (TPSA) is 38.9 Å². The van der Waals surface area contributed by atoms with Crippen LogP contribution in [0.5, 0.6) is 0 Å². The van der Waals surface area contributed by atoms with E-state index in [1.54, 1.807) is 6.20 Å². The van der Waals surface area contributed by atoms with Crippen LogP contribution in [0.25, 0.3) is 11.1 Å². The number of pyridine rings is 1. The highest BCUT2D eigenvalue weighted by molar-refractivity contribution is 5.67. The minimum Gasteiger partial charge on any atom is -0.324 e. The van der Waals surface area contributed by atoms with Crippen molar-refractivity contribution in [2.75, 3.05) is 0 Å². The second-order valence-corrected chi connectivity index (χ2v) is 3.77. The van der Waals surface area contributed by atoms with Gasteiger partial charge in [0.15, 0.2) is 0 Å². The molecule has 0 fully saturated rings. The molecular weight excluding hydrogens is 203 g/mol. The Labute approximate surface area is 93.9 Å². The first-order valence-corrected chi connectivity index (χ1v) is 5.14. The van der Waals surface area contributed by atoms with Crippen LogP contribution in [0.2, 0.25) is 0 Å². The van der Waals surface area contributed by atoms with Crippen LogP contribution < -0.4 is 5.73 Å². The highest BCUT2D eigenvalue weighted by Crippen LogP contribution is 2.26. The van der Waals surface area contributed by atoms with Crippen LogP contribution in [0, 0.1) is 5.82 Å². The average Bonchev–Trinajstić information content (AvgIpc) is 2.29. The van der Waals surface area contributed by atoms with Gasteiger partial charge in [-0.2, -0.15) is 0 Å². The normalized spacial score (nSPS) is 12.4. The summed E-state index contributed by atoms with van der Waals surface area (Å²) in [6.45, 7) is 1.91. The Bertz CT molecular complexity index is 495. The smallest absolute Gasteiger partial charge is 0.142 e. The van der Waals surface area contributed by atoms with Crippen molar-refractivity contribution in [3.63, 3.8) is 0 Å². The summed E-state index contributed by atoms with van der Waals surface area (Å²) >= 11 is 0. The molecule has 1 atom stereocenters. The van der Waals surface area contributed by atoms with Crippen molar-refractivity contribution in [3.8, 4) is 11.1 Å². The van der Waals surface area contributed by atoms with Gasteiger partial charge in [-0.05, 0) is 24.1 Å². The molecule has 0 saturated heterocycles. The lowest BCUT2D eigenvalue weighted by Crippen LogP contribution is -2.06. The van der Waals surface area contributed by atoms with E-state index in [1.165, 1.54) is 12.3 Å². The quantitative estimate of drug-likeness (QED) is 0.838. The highest BCUT2D eigenvalue weighted by atomic mass is 19.1. The van der Waals surface area contributed by atoms with Gasteiger partial charge < -0.3 is 5.73 Å². The second kappa shape index (κ2) is 4.41. The summed E-state index contributed by atoms with van der Waals surface area (Å²) in [5.74, 6) is -0.336. The zero-order valence-corrected chi connectivity index (χ0v) is 9.02. The Hall–Kier alpha value is -1.74. The number of hydrogen-bond donors (Lipinski definition) is 1. The average molecular weight is 216 g/mol. The number of benzene rings is 1. The van der Waals surface area contributed by atoms with E-state index in [2.05, 4.69) is 4.98 Å². The van der Waals surface area contributed by atoms with Crippen molar-refractivity contribution in [1.29, 1.82) is 0 Å². The van der Waals surface area contributed by atoms with E-state index in [-0.39, 0.29) is 11.9 Å². The summed E-state index contributed by atoms with van der Waals surface area (Å²) < 4.78 is 13.1. The van der Waals surface area contributed by atoms with Gasteiger partial charge in [0.2, 0.25) is 0 Å². The number of rotatable bonds is 2. The van der Waals surface area contributed by atoms with Crippen LogP contribution in [0.3, 0.4) is 0 Å². The first-order chi connectivity index (χ1) is 7.68. The Morgan fingerprint density at radius 2 is 2.00 bits per heavy atom. The van der Waals surface area contributed by atoms with Crippen molar-refractivity contribution in [1.82, 2.24) is 4.98 Å². The minimum atomic E-state index is -0.336. The molecular formula is C13H13FN2. The third-order valence-electron chi connectivity index (χ3n) is 2.47. The number of nitrogens with zero attached hydrogens (tertiary/aromatic N) is 1. The second-order valence-electron chi connectivity index (χ2n) is 3.77. The van der Waals surface area contributed by atoms with E-state index in [9.17, 15) is 4.39 Å². The lowest BCUT2D eigenvalue weighted by molar-refractivity contribution is 0.622. The Morgan fingerprint density at radius 1 is 1.25 bits per heavy atom. The maximum atomic E-state index is 13.1. The van der Waals surface area contributed by atoms with Gasteiger partial charge in [-0.3, -0.25) is 4.98 Å². The van der Waals surface area contributed by atoms with Gasteiger partial charge in [-0.15, -0.1) is 0 Å². The summed E-state index contributed by atoms with van der Waals surface area (Å²) in [4.78, 5) is 3.85. The lowest BCUT2D eigenvalue weighted by atomic mass is 9.97. The predicted molar refractivity (Wildman–Crippen MR) is 62.2 cm³/mol. The van der Waals surface area contributed by atoms with Crippen molar-refractivity contribution in [2.45, 2.75) is 13.0 Å². The Morgan fingerprint density at radius 3 is 2.69 bits per heavy atom. The Kier molecular flexibility index (Phi) is 2.97. The van der Waals surface area contributed by atoms with Gasteiger partial charge in [0, 0.05) is 17.8 Å². The van der Waals surface area contributed by atoms with E-state index in [0.717, 1.165) is 16.7 Å². The van der Waals surface area contributed by atoms with E-state index in [4.69, 9.17) is 5.73 Å². The van der Waals surface area contributed by atoms with Gasteiger partial charge in [-0.25, -0.2) is 4.39 Å². The van der Waals surface area contributed by atoms with Gasteiger partial charge >= 0.3 is 0 Å². The number of nitrogens with two attached hydrogens (primary N) is 1. The van der Waals surface area contributed by atoms with E-state index in [1.807, 2.05) is 31.2 Å². The van der Waals surface area contributed by atoms with Crippen molar-refractivity contribution in [3.05, 3.63) is 54.1 Å². The maximum Gasteiger partial charge on any atom is 0.142 e. The Balaban J connectivity index is 2.55. The van der Waals surface area contributed by atoms with Crippen molar-refractivity contribution < 1.29 is 4.39 Å². The van der Waals surface area contributed by atoms with Crippen LogP contribution in [-0.2, 0) is 0 Å². The molecule has 0 spiro atoms. The first kappa shape index (κ1) is 10.8. The standard InChI is InChI=1S/C13H13FN2/c1-9(15)12-4-2-3-5-13(12)10-6-11(14)8-16-7-10/h2-9H,15H2,1H3. The molecule has 1 unspecified atom stereocenters. The molecule has 82 valence electrons. The summed E-state index contributed by atoms with van der Waals surface area (Å²) in [5.41, 5.74) is 8.56. The molecule has 3 heteroatoms. The van der Waals surface area contributed by atoms with Crippen LogP contribution in [-0.4, -0.2) is 4.98 Å². The molecule has 0 saturated carbocycles. The van der Waals surface area contributed by atoms with Crippen LogP contribution in [0.15, 0.2) is 42.7 Å². The third kappa shape index (κ3) is 2.09. The molecule has 0 radical (unpaired) electrons. The number of halogens is 1. The van der Waals surface area contributed by atoms with Crippen LogP contribution in [0.4, 0.5) is 4.39 Å². The summed E-state index contributed by atoms with van der Waals surface area (Å²) in [6.07, 6.45) is 2.84. The first-order valence-electron chi connectivity index (χ1n) is 5.14. The minimum absolute atomic E-state index is 0.0838. The monoisotopic (exact) mass is 216 g/mol. The van der Waals surface area contributed by atoms with E-state index in [0.29, 0.717) is 0 Å². The summed E-state index contributed by atoms with van der Waals surface area (Å²) in [5, 5.41) is 0. The zero-order chi connectivity index (χ0) is 11.5. The SMILES string of the molecule is CC(N)c1ccccc1-c1cncc(F)c1. The van der Waals surface area contributed by atoms with Crippen LogP contribution >= 0.6 is 0 Å². The summed E-state index contributed by atoms with van der Waals surface area (Å²) in [7, 11) is 0. The highest BCUT2D eigenvalue weighted by Gasteiger charge is 2.08. The molecule has 1 heterocycles. The van der Waals surface area contributed by atoms with Crippen molar-refractivity contribution >= 4 is 0 Å². The van der Waals surface area contributed by atoms with Gasteiger partial charge in [0.25, 0.3) is 0 Å². The molecule has 0 bridgehead atoms. The molecule has 0 aliphatic heterocycles. The summed E-state index contributed by atoms with van der Waals surface area (Å²) in [6, 6.07) is 9.09. The molecule has 0 amide bonds. The lowest BCUT2D eigenvalue weighted by Gasteiger charge is -2.12. The number of hydrogen-bond acceptors (Lipinski definition) is 2. The fraction of sp³-hybridized carbons (Fsp3) is 0.154. The maximum absolute atomic E-state index is 13.1. The number of aromatic nitrogens is 1. The molecule has 1 aromatic heterocycles. The van der Waals surface area contributed by atoms with E-state index < -0.39 is 0 Å². The fourth-order valence-electron chi connectivity index (χ4n) is 1.72. The molecule has 2 N–H and O–H groups in total. The van der Waals surface area contributed by atoms with Gasteiger partial charge in [0.05, 0.1) is 6.20 Å². The van der Waals surface area contributed by atoms with Gasteiger partial charge in [0.1, 0.15) is 5.82 Å². The third-order valence-corrected chi connectivity index (χ3v) is 2.47. The molecule has 16 heavy (non-hydrogen) atoms. The largest absolute Gasteiger partial charge is 0.324 e. The molecule has 2 aromatic rings. The van der Waals surface area contributed by atoms with Crippen LogP contribution in [0.1, 0.15) is 18.5 Å². The molecule has 2 rings (SSSR count).